The fourth-order valence-corrected chi connectivity index (χ4v) is 5.04. The van der Waals surface area contributed by atoms with E-state index in [2.05, 4.69) is 15.3 Å². The molecule has 3 aromatic carbocycles. The average molecular weight is 559 g/mol. The molecule has 1 atom stereocenters. The predicted octanol–water partition coefficient (Wildman–Crippen LogP) is 6.05. The summed E-state index contributed by atoms with van der Waals surface area (Å²) in [6.45, 7) is 5.57. The van der Waals surface area contributed by atoms with Crippen LogP contribution in [0.1, 0.15) is 34.1 Å². The van der Waals surface area contributed by atoms with E-state index in [9.17, 15) is 14.0 Å². The van der Waals surface area contributed by atoms with Gasteiger partial charge in [0.25, 0.3) is 5.91 Å². The number of amides is 2. The number of thioether (sulfide) groups is 1. The zero-order valence-corrected chi connectivity index (χ0v) is 23.7. The summed E-state index contributed by atoms with van der Waals surface area (Å²) in [5.41, 5.74) is 4.04. The summed E-state index contributed by atoms with van der Waals surface area (Å²) < 4.78 is 20.0. The molecule has 0 radical (unpaired) electrons. The van der Waals surface area contributed by atoms with Gasteiger partial charge in [0, 0.05) is 29.2 Å². The molecular weight excluding hydrogens is 527 g/mol. The highest BCUT2D eigenvalue weighted by Crippen LogP contribution is 2.28. The number of ether oxygens (including phenoxy) is 1. The first kappa shape index (κ1) is 28.8. The van der Waals surface area contributed by atoms with Gasteiger partial charge in [-0.25, -0.2) is 14.4 Å². The molecule has 7 nitrogen and oxygen atoms in total. The van der Waals surface area contributed by atoms with Crippen LogP contribution < -0.4 is 10.1 Å². The Kier molecular flexibility index (Phi) is 9.50. The minimum absolute atomic E-state index is 0.0322. The van der Waals surface area contributed by atoms with Crippen molar-refractivity contribution in [1.82, 2.24) is 14.9 Å². The summed E-state index contributed by atoms with van der Waals surface area (Å²) in [6, 6.07) is 21.4. The van der Waals surface area contributed by atoms with Crippen LogP contribution in [0.2, 0.25) is 0 Å². The van der Waals surface area contributed by atoms with Crippen LogP contribution in [0, 0.1) is 26.6 Å². The monoisotopic (exact) mass is 558 g/mol. The number of halogens is 1. The smallest absolute Gasteiger partial charge is 0.251 e. The van der Waals surface area contributed by atoms with E-state index in [0.29, 0.717) is 27.7 Å². The van der Waals surface area contributed by atoms with Crippen LogP contribution in [0.5, 0.6) is 5.75 Å². The summed E-state index contributed by atoms with van der Waals surface area (Å²) in [5, 5.41) is 3.38. The Bertz CT molecular complexity index is 1460. The van der Waals surface area contributed by atoms with Gasteiger partial charge in [-0.1, -0.05) is 59.8 Å². The molecule has 206 valence electrons. The largest absolute Gasteiger partial charge is 0.497 e. The molecule has 0 saturated carbocycles. The van der Waals surface area contributed by atoms with E-state index < -0.39 is 17.8 Å². The first-order chi connectivity index (χ1) is 19.2. The molecule has 0 bridgehead atoms. The van der Waals surface area contributed by atoms with Gasteiger partial charge in [0.15, 0.2) is 5.16 Å². The first-order valence-electron chi connectivity index (χ1n) is 12.7. The highest BCUT2D eigenvalue weighted by atomic mass is 32.2. The highest BCUT2D eigenvalue weighted by Gasteiger charge is 2.32. The molecule has 4 rings (SSSR count). The number of aromatic nitrogens is 2. The molecule has 4 aromatic rings. The van der Waals surface area contributed by atoms with Crippen LogP contribution >= 0.6 is 11.8 Å². The normalized spacial score (nSPS) is 11.5. The van der Waals surface area contributed by atoms with Gasteiger partial charge in [-0.15, -0.1) is 0 Å². The van der Waals surface area contributed by atoms with E-state index in [1.165, 1.54) is 22.7 Å². The molecule has 0 aliphatic rings. The number of anilines is 1. The van der Waals surface area contributed by atoms with Crippen LogP contribution in [0.25, 0.3) is 0 Å². The summed E-state index contributed by atoms with van der Waals surface area (Å²) in [5.74, 6) is -0.619. The lowest BCUT2D eigenvalue weighted by Gasteiger charge is -2.32. The maximum Gasteiger partial charge on any atom is 0.251 e. The van der Waals surface area contributed by atoms with Crippen molar-refractivity contribution in [2.45, 2.75) is 38.5 Å². The SMILES string of the molecule is COc1ccc(NC(=O)[C@H](c2ccc(C)cc2)N(Cc2ccccc2F)C(=O)CSc2nc(C)cc(C)n2)cc1. The number of carbonyl (C=O) groups excluding carboxylic acids is 2. The quantitative estimate of drug-likeness (QED) is 0.188. The van der Waals surface area contributed by atoms with Crippen LogP contribution in [0.15, 0.2) is 84.0 Å². The second kappa shape index (κ2) is 13.2. The van der Waals surface area contributed by atoms with Crippen molar-refractivity contribution in [3.05, 3.63) is 113 Å². The zero-order valence-electron chi connectivity index (χ0n) is 22.8. The van der Waals surface area contributed by atoms with Gasteiger partial charge >= 0.3 is 0 Å². The second-order valence-electron chi connectivity index (χ2n) is 9.37. The molecule has 0 saturated heterocycles. The molecular formula is C31H31FN4O3S. The summed E-state index contributed by atoms with van der Waals surface area (Å²) in [6.07, 6.45) is 0. The molecule has 0 aliphatic carbocycles. The summed E-state index contributed by atoms with van der Waals surface area (Å²) in [4.78, 5) is 38.0. The number of methoxy groups -OCH3 is 1. The van der Waals surface area contributed by atoms with Gasteiger partial charge in [0.05, 0.1) is 12.9 Å². The van der Waals surface area contributed by atoms with Crippen LogP contribution in [-0.4, -0.2) is 39.5 Å². The molecule has 2 amide bonds. The lowest BCUT2D eigenvalue weighted by atomic mass is 10.0. The number of nitrogens with one attached hydrogen (secondary N) is 1. The van der Waals surface area contributed by atoms with Gasteiger partial charge in [0.2, 0.25) is 5.91 Å². The third-order valence-corrected chi connectivity index (χ3v) is 7.05. The van der Waals surface area contributed by atoms with Gasteiger partial charge in [-0.05, 0) is 62.7 Å². The number of rotatable bonds is 10. The molecule has 9 heteroatoms. The predicted molar refractivity (Wildman–Crippen MR) is 155 cm³/mol. The Morgan fingerprint density at radius 3 is 2.23 bits per heavy atom. The zero-order chi connectivity index (χ0) is 28.6. The molecule has 0 spiro atoms. The van der Waals surface area contributed by atoms with E-state index >= 15 is 0 Å². The molecule has 1 heterocycles. The van der Waals surface area contributed by atoms with Gasteiger partial charge < -0.3 is 15.0 Å². The number of carbonyl (C=O) groups is 2. The Balaban J connectivity index is 1.70. The Morgan fingerprint density at radius 2 is 1.60 bits per heavy atom. The molecule has 1 aromatic heterocycles. The standard InChI is InChI=1S/C31H31FN4O3S/c1-20-9-11-23(12-10-20)29(30(38)35-25-13-15-26(39-4)16-14-25)36(18-24-7-5-6-8-27(24)32)28(37)19-40-31-33-21(2)17-22(3)34-31/h5-17,29H,18-19H2,1-4H3,(H,35,38)/t29-/m0/s1. The van der Waals surface area contributed by atoms with E-state index in [4.69, 9.17) is 4.74 Å². The first-order valence-corrected chi connectivity index (χ1v) is 13.7. The molecule has 0 aliphatic heterocycles. The van der Waals surface area contributed by atoms with E-state index in [-0.39, 0.29) is 18.2 Å². The van der Waals surface area contributed by atoms with Crippen molar-refractivity contribution >= 4 is 29.3 Å². The van der Waals surface area contributed by atoms with E-state index in [1.54, 1.807) is 49.6 Å². The Labute approximate surface area is 237 Å². The number of nitrogens with zero attached hydrogens (tertiary/aromatic N) is 3. The Morgan fingerprint density at radius 1 is 0.950 bits per heavy atom. The summed E-state index contributed by atoms with van der Waals surface area (Å²) >= 11 is 1.18. The number of hydrogen-bond donors (Lipinski definition) is 1. The second-order valence-corrected chi connectivity index (χ2v) is 10.3. The minimum atomic E-state index is -1.03. The minimum Gasteiger partial charge on any atom is -0.497 e. The van der Waals surface area contributed by atoms with Crippen molar-refractivity contribution in [1.29, 1.82) is 0 Å². The molecule has 0 unspecified atom stereocenters. The number of hydrogen-bond acceptors (Lipinski definition) is 6. The molecule has 40 heavy (non-hydrogen) atoms. The van der Waals surface area contributed by atoms with Crippen LogP contribution in [0.4, 0.5) is 10.1 Å². The maximum atomic E-state index is 14.8. The van der Waals surface area contributed by atoms with Crippen molar-refractivity contribution in [3.8, 4) is 5.75 Å². The van der Waals surface area contributed by atoms with Crippen LogP contribution in [-0.2, 0) is 16.1 Å². The third kappa shape index (κ3) is 7.45. The lowest BCUT2D eigenvalue weighted by molar-refractivity contribution is -0.137. The van der Waals surface area contributed by atoms with Crippen molar-refractivity contribution in [2.75, 3.05) is 18.2 Å². The van der Waals surface area contributed by atoms with Gasteiger partial charge in [0.1, 0.15) is 17.6 Å². The van der Waals surface area contributed by atoms with E-state index in [0.717, 1.165) is 17.0 Å². The lowest BCUT2D eigenvalue weighted by Crippen LogP contribution is -2.42. The maximum absolute atomic E-state index is 14.8. The van der Waals surface area contributed by atoms with Crippen LogP contribution in [0.3, 0.4) is 0 Å². The molecule has 0 fully saturated rings. The molecule has 1 N–H and O–H groups in total. The number of aryl methyl sites for hydroxylation is 3. The third-order valence-electron chi connectivity index (χ3n) is 6.22. The fourth-order valence-electron chi connectivity index (χ4n) is 4.21. The van der Waals surface area contributed by atoms with Crippen molar-refractivity contribution < 1.29 is 18.7 Å². The number of benzene rings is 3. The highest BCUT2D eigenvalue weighted by molar-refractivity contribution is 7.99. The van der Waals surface area contributed by atoms with Gasteiger partial charge in [-0.2, -0.15) is 0 Å². The Hall–Kier alpha value is -4.24. The van der Waals surface area contributed by atoms with Crippen molar-refractivity contribution in [3.63, 3.8) is 0 Å². The van der Waals surface area contributed by atoms with E-state index in [1.807, 2.05) is 51.1 Å². The van der Waals surface area contributed by atoms with Gasteiger partial charge in [-0.3, -0.25) is 9.59 Å². The fraction of sp³-hybridized carbons (Fsp3) is 0.226. The average Bonchev–Trinajstić information content (AvgIpc) is 2.93. The summed E-state index contributed by atoms with van der Waals surface area (Å²) in [7, 11) is 1.56. The topological polar surface area (TPSA) is 84.4 Å². The van der Waals surface area contributed by atoms with Crippen molar-refractivity contribution in [2.24, 2.45) is 0 Å².